The number of hydrogen-bond donors (Lipinski definition) is 2. The van der Waals surface area contributed by atoms with Crippen molar-refractivity contribution in [1.82, 2.24) is 30.0 Å². The molecule has 1 atom stereocenters. The molecule has 0 aliphatic carbocycles. The minimum absolute atomic E-state index is 0.206. The fourth-order valence-corrected chi connectivity index (χ4v) is 2.45. The van der Waals surface area contributed by atoms with Gasteiger partial charge in [0.05, 0.1) is 6.20 Å². The Hall–Kier alpha value is -2.71. The molecule has 0 bridgehead atoms. The summed E-state index contributed by atoms with van der Waals surface area (Å²) in [7, 11) is 3.21. The molecule has 9 nitrogen and oxygen atoms in total. The van der Waals surface area contributed by atoms with Crippen LogP contribution in [0.25, 0.3) is 11.0 Å². The van der Waals surface area contributed by atoms with Crippen LogP contribution in [0, 0.1) is 5.92 Å². The summed E-state index contributed by atoms with van der Waals surface area (Å²) in [5.74, 6) is -0.439. The average molecular weight is 334 g/mol. The minimum Gasteiger partial charge on any atom is -0.357 e. The molecule has 0 saturated carbocycles. The van der Waals surface area contributed by atoms with Crippen molar-refractivity contribution < 1.29 is 9.59 Å². The first-order chi connectivity index (χ1) is 11.3. The van der Waals surface area contributed by atoms with Gasteiger partial charge in [0.2, 0.25) is 11.8 Å². The molecule has 0 saturated heterocycles. The highest BCUT2D eigenvalue weighted by Gasteiger charge is 2.21. The molecule has 0 aliphatic rings. The molecule has 0 radical (unpaired) electrons. The van der Waals surface area contributed by atoms with Crippen LogP contribution >= 0.6 is 0 Å². The van der Waals surface area contributed by atoms with Crippen molar-refractivity contribution in [3.05, 3.63) is 22.9 Å². The number of nitrogens with one attached hydrogen (secondary N) is 2. The Bertz CT molecular complexity index is 807. The summed E-state index contributed by atoms with van der Waals surface area (Å²) in [5, 5.41) is 9.53. The molecule has 0 spiro atoms. The van der Waals surface area contributed by atoms with Gasteiger partial charge < -0.3 is 10.6 Å². The number of carbonyl (C=O) groups excluding carboxylic acids is 2. The van der Waals surface area contributed by atoms with Gasteiger partial charge in [-0.1, -0.05) is 13.8 Å². The van der Waals surface area contributed by atoms with Crippen LogP contribution in [0.5, 0.6) is 0 Å². The Balaban J connectivity index is 2.15. The van der Waals surface area contributed by atoms with E-state index in [1.165, 1.54) is 28.8 Å². The van der Waals surface area contributed by atoms with Crippen LogP contribution in [0.15, 0.2) is 17.3 Å². The number of aryl methyl sites for hydroxylation is 1. The first-order valence-electron chi connectivity index (χ1n) is 7.71. The van der Waals surface area contributed by atoms with E-state index in [4.69, 9.17) is 0 Å². The van der Waals surface area contributed by atoms with Crippen LogP contribution in [0.3, 0.4) is 0 Å². The molecule has 2 aromatic rings. The Morgan fingerprint density at radius 1 is 1.33 bits per heavy atom. The second-order valence-corrected chi connectivity index (χ2v) is 6.05. The van der Waals surface area contributed by atoms with Gasteiger partial charge >= 0.3 is 0 Å². The van der Waals surface area contributed by atoms with Crippen LogP contribution in [-0.2, 0) is 23.2 Å². The molecule has 0 unspecified atom stereocenters. The molecule has 2 aromatic heterocycles. The number of aromatic nitrogens is 4. The molecular weight excluding hydrogens is 312 g/mol. The van der Waals surface area contributed by atoms with Crippen molar-refractivity contribution in [2.45, 2.75) is 32.9 Å². The summed E-state index contributed by atoms with van der Waals surface area (Å²) in [6.45, 7) is 3.72. The summed E-state index contributed by atoms with van der Waals surface area (Å²) in [4.78, 5) is 40.6. The average Bonchev–Trinajstić information content (AvgIpc) is 2.90. The number of carbonyl (C=O) groups is 2. The van der Waals surface area contributed by atoms with Gasteiger partial charge in [0.25, 0.3) is 5.56 Å². The van der Waals surface area contributed by atoms with Crippen LogP contribution in [0.4, 0.5) is 0 Å². The Kier molecular flexibility index (Phi) is 5.32. The van der Waals surface area contributed by atoms with Crippen molar-refractivity contribution in [3.63, 3.8) is 0 Å². The zero-order chi connectivity index (χ0) is 17.9. The zero-order valence-electron chi connectivity index (χ0n) is 14.2. The predicted octanol–water partition coefficient (Wildman–Crippen LogP) is -0.593. The van der Waals surface area contributed by atoms with E-state index in [1.54, 1.807) is 7.05 Å². The number of amides is 2. The zero-order valence-corrected chi connectivity index (χ0v) is 14.2. The van der Waals surface area contributed by atoms with E-state index in [1.807, 2.05) is 13.8 Å². The normalized spacial score (nSPS) is 12.4. The molecular formula is C15H22N6O3. The summed E-state index contributed by atoms with van der Waals surface area (Å²) < 4.78 is 2.70. The van der Waals surface area contributed by atoms with Gasteiger partial charge in [-0.3, -0.25) is 23.6 Å². The van der Waals surface area contributed by atoms with Gasteiger partial charge in [-0.15, -0.1) is 0 Å². The van der Waals surface area contributed by atoms with Crippen LogP contribution in [0.2, 0.25) is 0 Å². The smallest absolute Gasteiger partial charge is 0.264 e. The highest BCUT2D eigenvalue weighted by atomic mass is 16.2. The van der Waals surface area contributed by atoms with E-state index in [9.17, 15) is 14.4 Å². The predicted molar refractivity (Wildman–Crippen MR) is 88.2 cm³/mol. The fourth-order valence-electron chi connectivity index (χ4n) is 2.45. The standard InChI is InChI=1S/C15H22N6O3/c1-9(2)5-11(14(23)16-3)19-12(22)7-21-8-17-13-10(15(21)24)6-18-20(13)4/h6,8-9,11H,5,7H2,1-4H3,(H,16,23)(H,19,22)/t11-/m1/s1. The highest BCUT2D eigenvalue weighted by Crippen LogP contribution is 2.06. The maximum absolute atomic E-state index is 12.3. The number of hydrogen-bond acceptors (Lipinski definition) is 5. The maximum atomic E-state index is 12.3. The molecule has 0 fully saturated rings. The first-order valence-corrected chi connectivity index (χ1v) is 7.71. The highest BCUT2D eigenvalue weighted by molar-refractivity contribution is 5.87. The fraction of sp³-hybridized carbons (Fsp3) is 0.533. The molecule has 2 amide bonds. The van der Waals surface area contributed by atoms with E-state index >= 15 is 0 Å². The van der Waals surface area contributed by atoms with Gasteiger partial charge in [0.1, 0.15) is 24.3 Å². The van der Waals surface area contributed by atoms with Gasteiger partial charge in [-0.25, -0.2) is 4.98 Å². The van der Waals surface area contributed by atoms with Crippen molar-refractivity contribution in [2.24, 2.45) is 13.0 Å². The second-order valence-electron chi connectivity index (χ2n) is 6.05. The van der Waals surface area contributed by atoms with Crippen LogP contribution in [0.1, 0.15) is 20.3 Å². The van der Waals surface area contributed by atoms with E-state index in [-0.39, 0.29) is 23.9 Å². The van der Waals surface area contributed by atoms with Crippen LogP contribution in [-0.4, -0.2) is 44.2 Å². The summed E-state index contributed by atoms with van der Waals surface area (Å²) >= 11 is 0. The molecule has 130 valence electrons. The van der Waals surface area contributed by atoms with E-state index in [0.717, 1.165) is 0 Å². The summed E-state index contributed by atoms with van der Waals surface area (Å²) in [5.41, 5.74) is 0.114. The van der Waals surface area contributed by atoms with Crippen molar-refractivity contribution >= 4 is 22.8 Å². The van der Waals surface area contributed by atoms with Gasteiger partial charge in [-0.2, -0.15) is 5.10 Å². The third-order valence-electron chi connectivity index (χ3n) is 3.64. The molecule has 24 heavy (non-hydrogen) atoms. The number of rotatable bonds is 6. The molecule has 2 rings (SSSR count). The van der Waals surface area contributed by atoms with Crippen molar-refractivity contribution in [1.29, 1.82) is 0 Å². The van der Waals surface area contributed by atoms with Gasteiger partial charge in [0.15, 0.2) is 5.65 Å². The van der Waals surface area contributed by atoms with Crippen LogP contribution < -0.4 is 16.2 Å². The van der Waals surface area contributed by atoms with Gasteiger partial charge in [-0.05, 0) is 12.3 Å². The molecule has 2 heterocycles. The lowest BCUT2D eigenvalue weighted by atomic mass is 10.0. The lowest BCUT2D eigenvalue weighted by Crippen LogP contribution is -2.47. The lowest BCUT2D eigenvalue weighted by molar-refractivity contribution is -0.129. The monoisotopic (exact) mass is 334 g/mol. The van der Waals surface area contributed by atoms with E-state index < -0.39 is 11.9 Å². The molecule has 0 aromatic carbocycles. The summed E-state index contributed by atoms with van der Waals surface area (Å²) in [6.07, 6.45) is 3.24. The Labute approximate surface area is 139 Å². The molecule has 0 aliphatic heterocycles. The largest absolute Gasteiger partial charge is 0.357 e. The number of likely N-dealkylation sites (N-methyl/N-ethyl adjacent to an activating group) is 1. The SMILES string of the molecule is CNC(=O)[C@@H](CC(C)C)NC(=O)Cn1cnc2c(cnn2C)c1=O. The number of nitrogens with zero attached hydrogens (tertiary/aromatic N) is 4. The summed E-state index contributed by atoms with van der Waals surface area (Å²) in [6, 6.07) is -0.631. The second kappa shape index (κ2) is 7.24. The maximum Gasteiger partial charge on any atom is 0.264 e. The minimum atomic E-state index is -0.631. The lowest BCUT2D eigenvalue weighted by Gasteiger charge is -2.19. The first kappa shape index (κ1) is 17.6. The number of fused-ring (bicyclic) bond motifs is 1. The van der Waals surface area contributed by atoms with Gasteiger partial charge in [0, 0.05) is 14.1 Å². The Morgan fingerprint density at radius 2 is 2.04 bits per heavy atom. The molecule has 9 heteroatoms. The van der Waals surface area contributed by atoms with Crippen molar-refractivity contribution in [3.8, 4) is 0 Å². The third-order valence-corrected chi connectivity index (χ3v) is 3.64. The van der Waals surface area contributed by atoms with Crippen molar-refractivity contribution in [2.75, 3.05) is 7.05 Å². The third kappa shape index (κ3) is 3.79. The quantitative estimate of drug-likeness (QED) is 0.733. The van der Waals surface area contributed by atoms with E-state index in [2.05, 4.69) is 20.7 Å². The molecule has 2 N–H and O–H groups in total. The Morgan fingerprint density at radius 3 is 2.67 bits per heavy atom. The topological polar surface area (TPSA) is 111 Å². The van der Waals surface area contributed by atoms with E-state index in [0.29, 0.717) is 17.5 Å².